The third-order valence-corrected chi connectivity index (χ3v) is 4.79. The minimum atomic E-state index is 0.278. The Hall–Kier alpha value is -0.860. The molecule has 0 amide bonds. The maximum Gasteiger partial charge on any atom is 0.0575 e. The number of aryl methyl sites for hydroxylation is 2. The maximum atomic E-state index is 6.31. The Morgan fingerprint density at radius 1 is 1.15 bits per heavy atom. The molecule has 1 saturated heterocycles. The first-order chi connectivity index (χ1) is 9.81. The standard InChI is InChI=1S/C18H27NO/c19-17(9-10-18-6-1-2-11-20-18)13-14-7-8-15-4-3-5-16(15)12-14/h7-8,12,17-18H,1-6,9-11,13,19H2. The number of rotatable bonds is 5. The third kappa shape index (κ3) is 3.62. The zero-order chi connectivity index (χ0) is 13.8. The van der Waals surface area contributed by atoms with Crippen LogP contribution in [0.15, 0.2) is 18.2 Å². The Morgan fingerprint density at radius 2 is 2.05 bits per heavy atom. The average Bonchev–Trinajstić information content (AvgIpc) is 2.94. The van der Waals surface area contributed by atoms with E-state index in [9.17, 15) is 0 Å². The van der Waals surface area contributed by atoms with Gasteiger partial charge in [0.2, 0.25) is 0 Å². The van der Waals surface area contributed by atoms with Crippen LogP contribution in [0.3, 0.4) is 0 Å². The molecule has 0 aromatic heterocycles. The summed E-state index contributed by atoms with van der Waals surface area (Å²) in [5.74, 6) is 0. The molecule has 1 aliphatic carbocycles. The number of hydrogen-bond donors (Lipinski definition) is 1. The van der Waals surface area contributed by atoms with Crippen molar-refractivity contribution in [2.24, 2.45) is 5.73 Å². The zero-order valence-electron chi connectivity index (χ0n) is 12.4. The smallest absolute Gasteiger partial charge is 0.0575 e. The first kappa shape index (κ1) is 14.1. The van der Waals surface area contributed by atoms with E-state index in [-0.39, 0.29) is 6.04 Å². The fourth-order valence-electron chi connectivity index (χ4n) is 3.59. The molecule has 1 aliphatic heterocycles. The summed E-state index contributed by atoms with van der Waals surface area (Å²) in [6.07, 6.45) is 11.3. The molecule has 1 heterocycles. The molecule has 2 atom stereocenters. The Morgan fingerprint density at radius 3 is 2.90 bits per heavy atom. The van der Waals surface area contributed by atoms with Gasteiger partial charge < -0.3 is 10.5 Å². The van der Waals surface area contributed by atoms with Crippen LogP contribution in [0.25, 0.3) is 0 Å². The molecule has 20 heavy (non-hydrogen) atoms. The van der Waals surface area contributed by atoms with Crippen molar-refractivity contribution in [1.82, 2.24) is 0 Å². The van der Waals surface area contributed by atoms with Crippen molar-refractivity contribution in [3.63, 3.8) is 0 Å². The largest absolute Gasteiger partial charge is 0.378 e. The van der Waals surface area contributed by atoms with Crippen LogP contribution >= 0.6 is 0 Å². The topological polar surface area (TPSA) is 35.2 Å². The predicted molar refractivity (Wildman–Crippen MR) is 83.0 cm³/mol. The van der Waals surface area contributed by atoms with E-state index in [1.165, 1.54) is 44.1 Å². The third-order valence-electron chi connectivity index (χ3n) is 4.79. The quantitative estimate of drug-likeness (QED) is 0.892. The zero-order valence-corrected chi connectivity index (χ0v) is 12.4. The van der Waals surface area contributed by atoms with Crippen LogP contribution in [0, 0.1) is 0 Å². The Bertz CT molecular complexity index is 437. The van der Waals surface area contributed by atoms with Gasteiger partial charge in [-0.15, -0.1) is 0 Å². The molecule has 2 unspecified atom stereocenters. The van der Waals surface area contributed by atoms with Gasteiger partial charge in [-0.25, -0.2) is 0 Å². The molecule has 0 bridgehead atoms. The van der Waals surface area contributed by atoms with Gasteiger partial charge in [-0.05, 0) is 74.5 Å². The first-order valence-corrected chi connectivity index (χ1v) is 8.29. The molecule has 3 rings (SSSR count). The number of fused-ring (bicyclic) bond motifs is 1. The van der Waals surface area contributed by atoms with E-state index in [0.717, 1.165) is 25.9 Å². The fraction of sp³-hybridized carbons (Fsp3) is 0.667. The van der Waals surface area contributed by atoms with Crippen molar-refractivity contribution in [2.45, 2.75) is 69.9 Å². The van der Waals surface area contributed by atoms with Gasteiger partial charge in [-0.3, -0.25) is 0 Å². The molecule has 0 radical (unpaired) electrons. The van der Waals surface area contributed by atoms with Crippen LogP contribution < -0.4 is 5.73 Å². The summed E-state index contributed by atoms with van der Waals surface area (Å²) in [7, 11) is 0. The second-order valence-electron chi connectivity index (χ2n) is 6.49. The summed E-state index contributed by atoms with van der Waals surface area (Å²) < 4.78 is 5.78. The highest BCUT2D eigenvalue weighted by molar-refractivity contribution is 5.35. The predicted octanol–water partition coefficient (Wildman–Crippen LogP) is 3.39. The van der Waals surface area contributed by atoms with Crippen LogP contribution in [-0.4, -0.2) is 18.8 Å². The normalized spacial score (nSPS) is 23.6. The molecule has 1 aromatic carbocycles. The van der Waals surface area contributed by atoms with Crippen molar-refractivity contribution < 1.29 is 4.74 Å². The van der Waals surface area contributed by atoms with Gasteiger partial charge in [0.25, 0.3) is 0 Å². The van der Waals surface area contributed by atoms with Gasteiger partial charge in [0.1, 0.15) is 0 Å². The molecule has 1 aromatic rings. The minimum absolute atomic E-state index is 0.278. The molecule has 2 N–H and O–H groups in total. The summed E-state index contributed by atoms with van der Waals surface area (Å²) in [6, 6.07) is 7.26. The van der Waals surface area contributed by atoms with E-state index in [2.05, 4.69) is 18.2 Å². The van der Waals surface area contributed by atoms with E-state index >= 15 is 0 Å². The van der Waals surface area contributed by atoms with Crippen LogP contribution in [0.5, 0.6) is 0 Å². The minimum Gasteiger partial charge on any atom is -0.378 e. The molecule has 1 fully saturated rings. The SMILES string of the molecule is NC(CCC1CCCCO1)Cc1ccc2c(c1)CCC2. The summed E-state index contributed by atoms with van der Waals surface area (Å²) in [4.78, 5) is 0. The number of benzene rings is 1. The lowest BCUT2D eigenvalue weighted by Gasteiger charge is -2.23. The van der Waals surface area contributed by atoms with Gasteiger partial charge in [-0.2, -0.15) is 0 Å². The van der Waals surface area contributed by atoms with Crippen molar-refractivity contribution in [3.05, 3.63) is 34.9 Å². The lowest BCUT2D eigenvalue weighted by molar-refractivity contribution is 0.00915. The lowest BCUT2D eigenvalue weighted by Crippen LogP contribution is -2.27. The van der Waals surface area contributed by atoms with Crippen molar-refractivity contribution >= 4 is 0 Å². The molecular formula is C18H27NO. The molecule has 0 spiro atoms. The van der Waals surface area contributed by atoms with E-state index in [0.29, 0.717) is 6.10 Å². The number of hydrogen-bond acceptors (Lipinski definition) is 2. The van der Waals surface area contributed by atoms with Crippen molar-refractivity contribution in [2.75, 3.05) is 6.61 Å². The summed E-state index contributed by atoms with van der Waals surface area (Å²) >= 11 is 0. The van der Waals surface area contributed by atoms with E-state index in [4.69, 9.17) is 10.5 Å². The van der Waals surface area contributed by atoms with Crippen LogP contribution in [0.2, 0.25) is 0 Å². The Kier molecular flexibility index (Phi) is 4.74. The van der Waals surface area contributed by atoms with Crippen molar-refractivity contribution in [3.8, 4) is 0 Å². The van der Waals surface area contributed by atoms with Crippen LogP contribution in [0.4, 0.5) is 0 Å². The summed E-state index contributed by atoms with van der Waals surface area (Å²) in [5.41, 5.74) is 10.8. The number of nitrogens with two attached hydrogens (primary N) is 1. The molecule has 110 valence electrons. The molecule has 2 heteroatoms. The second kappa shape index (κ2) is 6.73. The first-order valence-electron chi connectivity index (χ1n) is 8.29. The van der Waals surface area contributed by atoms with Gasteiger partial charge in [0.15, 0.2) is 0 Å². The fourth-order valence-corrected chi connectivity index (χ4v) is 3.59. The van der Waals surface area contributed by atoms with E-state index < -0.39 is 0 Å². The van der Waals surface area contributed by atoms with Gasteiger partial charge >= 0.3 is 0 Å². The highest BCUT2D eigenvalue weighted by atomic mass is 16.5. The van der Waals surface area contributed by atoms with Crippen LogP contribution in [0.1, 0.15) is 55.2 Å². The Balaban J connectivity index is 1.47. The summed E-state index contributed by atoms with van der Waals surface area (Å²) in [5, 5.41) is 0. The van der Waals surface area contributed by atoms with E-state index in [1.807, 2.05) is 0 Å². The lowest BCUT2D eigenvalue weighted by atomic mass is 9.96. The number of ether oxygens (including phenoxy) is 1. The van der Waals surface area contributed by atoms with Crippen LogP contribution in [-0.2, 0) is 24.0 Å². The van der Waals surface area contributed by atoms with Crippen molar-refractivity contribution in [1.29, 1.82) is 0 Å². The maximum absolute atomic E-state index is 6.31. The van der Waals surface area contributed by atoms with Gasteiger partial charge in [-0.1, -0.05) is 18.2 Å². The van der Waals surface area contributed by atoms with Gasteiger partial charge in [0, 0.05) is 12.6 Å². The highest BCUT2D eigenvalue weighted by Crippen LogP contribution is 2.24. The van der Waals surface area contributed by atoms with Gasteiger partial charge in [0.05, 0.1) is 6.10 Å². The molecule has 0 saturated carbocycles. The van der Waals surface area contributed by atoms with E-state index in [1.54, 1.807) is 11.1 Å². The molecular weight excluding hydrogens is 246 g/mol. The molecule has 2 nitrogen and oxygen atoms in total. The summed E-state index contributed by atoms with van der Waals surface area (Å²) in [6.45, 7) is 0.949. The second-order valence-corrected chi connectivity index (χ2v) is 6.49. The average molecular weight is 273 g/mol. The Labute approximate surface area is 122 Å². The molecule has 2 aliphatic rings. The monoisotopic (exact) mass is 273 g/mol. The highest BCUT2D eigenvalue weighted by Gasteiger charge is 2.16.